The molecule has 1 aromatic rings. The molecule has 0 saturated heterocycles. The van der Waals surface area contributed by atoms with Crippen molar-refractivity contribution in [2.75, 3.05) is 19.6 Å². The molecule has 1 aromatic heterocycles. The summed E-state index contributed by atoms with van der Waals surface area (Å²) < 4.78 is 0. The molecule has 0 atom stereocenters. The second-order valence-electron chi connectivity index (χ2n) is 4.02. The van der Waals surface area contributed by atoms with Gasteiger partial charge in [-0.25, -0.2) is 0 Å². The van der Waals surface area contributed by atoms with Crippen LogP contribution < -0.4 is 5.32 Å². The SMILES string of the molecule is O=C(O)CN(CC(=O)O)C(=O)CCNC(=O)c1cccs1. The summed E-state index contributed by atoms with van der Waals surface area (Å²) in [4.78, 5) is 45.7. The number of carbonyl (C=O) groups excluding carboxylic acids is 2. The zero-order valence-electron chi connectivity index (χ0n) is 10.9. The number of thiophene rings is 1. The van der Waals surface area contributed by atoms with Crippen LogP contribution in [0.1, 0.15) is 16.1 Å². The average molecular weight is 314 g/mol. The maximum atomic E-state index is 11.7. The lowest BCUT2D eigenvalue weighted by Gasteiger charge is -2.18. The Kier molecular flexibility index (Phi) is 6.34. The fourth-order valence-electron chi connectivity index (χ4n) is 1.49. The molecule has 0 fully saturated rings. The molecule has 0 radical (unpaired) electrons. The van der Waals surface area contributed by atoms with Gasteiger partial charge in [-0.15, -0.1) is 11.3 Å². The van der Waals surface area contributed by atoms with E-state index in [0.717, 1.165) is 0 Å². The van der Waals surface area contributed by atoms with Crippen molar-refractivity contribution in [2.24, 2.45) is 0 Å². The number of hydrogen-bond donors (Lipinski definition) is 3. The van der Waals surface area contributed by atoms with E-state index in [1.807, 2.05) is 0 Å². The van der Waals surface area contributed by atoms with E-state index in [-0.39, 0.29) is 18.9 Å². The second kappa shape index (κ2) is 8.00. The fraction of sp³-hybridized carbons (Fsp3) is 0.333. The molecule has 1 rings (SSSR count). The molecular formula is C12H14N2O6S. The highest BCUT2D eigenvalue weighted by atomic mass is 32.1. The number of nitrogens with one attached hydrogen (secondary N) is 1. The van der Waals surface area contributed by atoms with Gasteiger partial charge in [0.1, 0.15) is 13.1 Å². The Hall–Kier alpha value is -2.42. The fourth-order valence-corrected chi connectivity index (χ4v) is 2.13. The molecule has 1 heterocycles. The summed E-state index contributed by atoms with van der Waals surface area (Å²) in [5, 5.41) is 21.5. The first kappa shape index (κ1) is 16.6. The van der Waals surface area contributed by atoms with Gasteiger partial charge >= 0.3 is 11.9 Å². The maximum Gasteiger partial charge on any atom is 0.323 e. The van der Waals surface area contributed by atoms with E-state index in [1.165, 1.54) is 11.3 Å². The third-order valence-electron chi connectivity index (χ3n) is 2.37. The van der Waals surface area contributed by atoms with Crippen LogP contribution in [-0.2, 0) is 14.4 Å². The summed E-state index contributed by atoms with van der Waals surface area (Å²) in [5.74, 6) is -3.58. The largest absolute Gasteiger partial charge is 0.480 e. The zero-order valence-corrected chi connectivity index (χ0v) is 11.8. The van der Waals surface area contributed by atoms with Gasteiger partial charge in [0.25, 0.3) is 5.91 Å². The predicted octanol–water partition coefficient (Wildman–Crippen LogP) is -0.134. The predicted molar refractivity (Wildman–Crippen MR) is 73.1 cm³/mol. The van der Waals surface area contributed by atoms with Gasteiger partial charge in [0, 0.05) is 13.0 Å². The Bertz CT molecular complexity index is 512. The van der Waals surface area contributed by atoms with Gasteiger partial charge in [-0.3, -0.25) is 19.2 Å². The summed E-state index contributed by atoms with van der Waals surface area (Å²) in [6.45, 7) is -1.38. The van der Waals surface area contributed by atoms with Gasteiger partial charge in [0.15, 0.2) is 0 Å². The second-order valence-corrected chi connectivity index (χ2v) is 4.97. The molecule has 114 valence electrons. The highest BCUT2D eigenvalue weighted by molar-refractivity contribution is 7.12. The van der Waals surface area contributed by atoms with Crippen LogP contribution in [-0.4, -0.2) is 58.5 Å². The van der Waals surface area contributed by atoms with Crippen LogP contribution in [0.2, 0.25) is 0 Å². The molecule has 2 amide bonds. The summed E-state index contributed by atoms with van der Waals surface area (Å²) in [7, 11) is 0. The van der Waals surface area contributed by atoms with E-state index in [9.17, 15) is 19.2 Å². The number of aliphatic carboxylic acids is 2. The number of hydrogen-bond acceptors (Lipinski definition) is 5. The molecule has 8 nitrogen and oxygen atoms in total. The minimum atomic E-state index is -1.30. The Labute approximate surface area is 124 Å². The highest BCUT2D eigenvalue weighted by Crippen LogP contribution is 2.07. The van der Waals surface area contributed by atoms with Crippen LogP contribution in [0, 0.1) is 0 Å². The van der Waals surface area contributed by atoms with Crippen molar-refractivity contribution in [3.63, 3.8) is 0 Å². The van der Waals surface area contributed by atoms with Crippen LogP contribution in [0.5, 0.6) is 0 Å². The van der Waals surface area contributed by atoms with E-state index in [1.54, 1.807) is 17.5 Å². The number of nitrogens with zero attached hydrogens (tertiary/aromatic N) is 1. The van der Waals surface area contributed by atoms with Gasteiger partial charge in [0.2, 0.25) is 5.91 Å². The number of carbonyl (C=O) groups is 4. The molecule has 0 spiro atoms. The van der Waals surface area contributed by atoms with Crippen molar-refractivity contribution in [1.82, 2.24) is 10.2 Å². The molecule has 0 unspecified atom stereocenters. The van der Waals surface area contributed by atoms with Gasteiger partial charge in [-0.05, 0) is 11.4 Å². The number of rotatable bonds is 8. The number of carboxylic acid groups (broad SMARTS) is 2. The average Bonchev–Trinajstić information content (AvgIpc) is 2.90. The monoisotopic (exact) mass is 314 g/mol. The van der Waals surface area contributed by atoms with Crippen molar-refractivity contribution in [3.05, 3.63) is 22.4 Å². The van der Waals surface area contributed by atoms with Crippen molar-refractivity contribution in [2.45, 2.75) is 6.42 Å². The van der Waals surface area contributed by atoms with Gasteiger partial charge < -0.3 is 20.4 Å². The Morgan fingerprint density at radius 1 is 1.14 bits per heavy atom. The standard InChI is InChI=1S/C12H14N2O6S/c15-9(14(6-10(16)17)7-11(18)19)3-4-13-12(20)8-2-1-5-21-8/h1-2,5H,3-4,6-7H2,(H,13,20)(H,16,17)(H,18,19). The summed E-state index contributed by atoms with van der Waals surface area (Å²) >= 11 is 1.25. The Morgan fingerprint density at radius 3 is 2.24 bits per heavy atom. The summed E-state index contributed by atoms with van der Waals surface area (Å²) in [6.07, 6.45) is -0.169. The van der Waals surface area contributed by atoms with Gasteiger partial charge in [-0.1, -0.05) is 6.07 Å². The van der Waals surface area contributed by atoms with E-state index < -0.39 is 30.9 Å². The molecule has 0 aliphatic carbocycles. The van der Waals surface area contributed by atoms with Crippen LogP contribution in [0.4, 0.5) is 0 Å². The minimum absolute atomic E-state index is 0.00526. The summed E-state index contributed by atoms with van der Waals surface area (Å²) in [5.41, 5.74) is 0. The first-order chi connectivity index (χ1) is 9.90. The molecule has 0 aliphatic heterocycles. The zero-order chi connectivity index (χ0) is 15.8. The number of carboxylic acids is 2. The van der Waals surface area contributed by atoms with E-state index >= 15 is 0 Å². The number of amides is 2. The van der Waals surface area contributed by atoms with E-state index in [4.69, 9.17) is 10.2 Å². The summed E-state index contributed by atoms with van der Waals surface area (Å²) in [6, 6.07) is 3.34. The quantitative estimate of drug-likeness (QED) is 0.614. The molecule has 0 saturated carbocycles. The van der Waals surface area contributed by atoms with E-state index in [2.05, 4.69) is 5.32 Å². The lowest BCUT2D eigenvalue weighted by Crippen LogP contribution is -2.40. The van der Waals surface area contributed by atoms with Crippen molar-refractivity contribution < 1.29 is 29.4 Å². The topological polar surface area (TPSA) is 124 Å². The normalized spacial score (nSPS) is 9.90. The molecule has 9 heteroatoms. The van der Waals surface area contributed by atoms with Crippen molar-refractivity contribution in [1.29, 1.82) is 0 Å². The lowest BCUT2D eigenvalue weighted by atomic mass is 10.3. The molecule has 0 bridgehead atoms. The van der Waals surface area contributed by atoms with Crippen LogP contribution in [0.15, 0.2) is 17.5 Å². The third kappa shape index (κ3) is 6.04. The molecule has 0 aromatic carbocycles. The van der Waals surface area contributed by atoms with E-state index in [0.29, 0.717) is 9.78 Å². The first-order valence-electron chi connectivity index (χ1n) is 5.93. The third-order valence-corrected chi connectivity index (χ3v) is 3.24. The van der Waals surface area contributed by atoms with Crippen LogP contribution >= 0.6 is 11.3 Å². The first-order valence-corrected chi connectivity index (χ1v) is 6.81. The lowest BCUT2D eigenvalue weighted by molar-refractivity contribution is -0.149. The molecular weight excluding hydrogens is 300 g/mol. The maximum absolute atomic E-state index is 11.7. The van der Waals surface area contributed by atoms with Crippen molar-refractivity contribution >= 4 is 35.1 Å². The smallest absolute Gasteiger partial charge is 0.323 e. The van der Waals surface area contributed by atoms with Gasteiger partial charge in [-0.2, -0.15) is 0 Å². The van der Waals surface area contributed by atoms with Crippen LogP contribution in [0.3, 0.4) is 0 Å². The molecule has 0 aliphatic rings. The van der Waals surface area contributed by atoms with Crippen LogP contribution in [0.25, 0.3) is 0 Å². The minimum Gasteiger partial charge on any atom is -0.480 e. The van der Waals surface area contributed by atoms with Crippen molar-refractivity contribution in [3.8, 4) is 0 Å². The molecule has 21 heavy (non-hydrogen) atoms. The molecule has 3 N–H and O–H groups in total. The highest BCUT2D eigenvalue weighted by Gasteiger charge is 2.19. The Morgan fingerprint density at radius 2 is 1.76 bits per heavy atom. The Balaban J connectivity index is 2.44. The van der Waals surface area contributed by atoms with Gasteiger partial charge in [0.05, 0.1) is 4.88 Å².